The van der Waals surface area contributed by atoms with Gasteiger partial charge < -0.3 is 5.32 Å². The zero-order valence-electron chi connectivity index (χ0n) is 19.5. The molecule has 1 N–H and O–H groups in total. The molecule has 7 nitrogen and oxygen atoms in total. The standard InChI is InChI=1S/C26H21Cl3N6O/c1-15-3-5-17(6-4-15)20-9-10-30-26-24(20)16(2)32-35(26)14-23(36)31-25-22(29)13-34(33-25)12-18-7-8-19(27)11-21(18)28/h3-11,13H,12,14H2,1-2H3,(H,31,33,36). The predicted molar refractivity (Wildman–Crippen MR) is 144 cm³/mol. The minimum absolute atomic E-state index is 0.0408. The lowest BCUT2D eigenvalue weighted by atomic mass is 10.0. The third-order valence-electron chi connectivity index (χ3n) is 5.79. The summed E-state index contributed by atoms with van der Waals surface area (Å²) in [5.41, 5.74) is 5.53. The van der Waals surface area contributed by atoms with Crippen molar-refractivity contribution >= 4 is 57.6 Å². The molecule has 0 aliphatic heterocycles. The van der Waals surface area contributed by atoms with Crippen LogP contribution < -0.4 is 5.32 Å². The number of aryl methyl sites for hydroxylation is 2. The van der Waals surface area contributed by atoms with E-state index < -0.39 is 0 Å². The van der Waals surface area contributed by atoms with E-state index in [1.54, 1.807) is 33.9 Å². The molecule has 36 heavy (non-hydrogen) atoms. The van der Waals surface area contributed by atoms with Crippen LogP contribution in [0.15, 0.2) is 60.9 Å². The number of fused-ring (bicyclic) bond motifs is 1. The number of nitrogens with zero attached hydrogens (tertiary/aromatic N) is 5. The van der Waals surface area contributed by atoms with Gasteiger partial charge in [-0.3, -0.25) is 9.48 Å². The topological polar surface area (TPSA) is 77.6 Å². The molecule has 5 rings (SSSR count). The number of halogens is 3. The Labute approximate surface area is 222 Å². The lowest BCUT2D eigenvalue weighted by Crippen LogP contribution is -2.20. The molecule has 0 radical (unpaired) electrons. The van der Waals surface area contributed by atoms with Crippen molar-refractivity contribution in [3.05, 3.63) is 92.8 Å². The number of hydrogen-bond acceptors (Lipinski definition) is 4. The number of amides is 1. The molecule has 0 spiro atoms. The summed E-state index contributed by atoms with van der Waals surface area (Å²) in [6.07, 6.45) is 3.36. The van der Waals surface area contributed by atoms with Gasteiger partial charge in [-0.05, 0) is 48.7 Å². The highest BCUT2D eigenvalue weighted by molar-refractivity contribution is 6.35. The van der Waals surface area contributed by atoms with Crippen LogP contribution in [0.1, 0.15) is 16.8 Å². The Bertz CT molecular complexity index is 1590. The largest absolute Gasteiger partial charge is 0.306 e. The normalized spacial score (nSPS) is 11.2. The zero-order valence-corrected chi connectivity index (χ0v) is 21.7. The summed E-state index contributed by atoms with van der Waals surface area (Å²) in [5.74, 6) is -0.0631. The van der Waals surface area contributed by atoms with Crippen molar-refractivity contribution in [1.29, 1.82) is 0 Å². The van der Waals surface area contributed by atoms with Crippen LogP contribution in [0.25, 0.3) is 22.2 Å². The predicted octanol–water partition coefficient (Wildman–Crippen LogP) is 6.56. The van der Waals surface area contributed by atoms with Crippen LogP contribution in [0.4, 0.5) is 5.82 Å². The van der Waals surface area contributed by atoms with Crippen LogP contribution in [-0.2, 0) is 17.9 Å². The average Bonchev–Trinajstić information content (AvgIpc) is 3.34. The van der Waals surface area contributed by atoms with E-state index >= 15 is 0 Å². The quantitative estimate of drug-likeness (QED) is 0.265. The molecule has 0 unspecified atom stereocenters. The Kier molecular flexibility index (Phi) is 6.71. The molecule has 0 atom stereocenters. The van der Waals surface area contributed by atoms with Crippen LogP contribution in [0, 0.1) is 13.8 Å². The van der Waals surface area contributed by atoms with Crippen molar-refractivity contribution < 1.29 is 4.79 Å². The average molecular weight is 540 g/mol. The van der Waals surface area contributed by atoms with E-state index in [1.165, 1.54) is 5.56 Å². The third kappa shape index (κ3) is 4.95. The Morgan fingerprint density at radius 3 is 2.50 bits per heavy atom. The van der Waals surface area contributed by atoms with Gasteiger partial charge in [0, 0.05) is 27.8 Å². The number of anilines is 1. The minimum Gasteiger partial charge on any atom is -0.306 e. The van der Waals surface area contributed by atoms with E-state index in [9.17, 15) is 4.79 Å². The van der Waals surface area contributed by atoms with Gasteiger partial charge in [0.05, 0.1) is 12.2 Å². The maximum atomic E-state index is 12.9. The Morgan fingerprint density at radius 2 is 1.75 bits per heavy atom. The Morgan fingerprint density at radius 1 is 0.972 bits per heavy atom. The molecule has 0 saturated carbocycles. The highest BCUT2D eigenvalue weighted by Gasteiger charge is 2.18. The lowest BCUT2D eigenvalue weighted by molar-refractivity contribution is -0.116. The Balaban J connectivity index is 1.35. The van der Waals surface area contributed by atoms with Gasteiger partial charge in [-0.25, -0.2) is 9.67 Å². The summed E-state index contributed by atoms with van der Waals surface area (Å²) in [6, 6.07) is 15.5. The fraction of sp³-hybridized carbons (Fsp3) is 0.154. The van der Waals surface area contributed by atoms with Gasteiger partial charge in [0.25, 0.3) is 0 Å². The smallest absolute Gasteiger partial charge is 0.247 e. The molecule has 0 aliphatic carbocycles. The lowest BCUT2D eigenvalue weighted by Gasteiger charge is -2.07. The van der Waals surface area contributed by atoms with Gasteiger partial charge >= 0.3 is 0 Å². The van der Waals surface area contributed by atoms with E-state index in [-0.39, 0.29) is 18.3 Å². The molecule has 1 amide bonds. The number of hydrogen-bond donors (Lipinski definition) is 1. The Hall–Kier alpha value is -3.39. The van der Waals surface area contributed by atoms with E-state index in [0.717, 1.165) is 27.8 Å². The first-order valence-electron chi connectivity index (χ1n) is 11.1. The fourth-order valence-electron chi connectivity index (χ4n) is 4.06. The molecule has 0 aliphatic rings. The number of benzene rings is 2. The molecular weight excluding hydrogens is 519 g/mol. The first-order valence-corrected chi connectivity index (χ1v) is 12.3. The van der Waals surface area contributed by atoms with Crippen LogP contribution in [0.2, 0.25) is 15.1 Å². The molecule has 3 aromatic heterocycles. The van der Waals surface area contributed by atoms with Crippen molar-refractivity contribution in [2.24, 2.45) is 0 Å². The van der Waals surface area contributed by atoms with Gasteiger partial charge in [0.1, 0.15) is 11.6 Å². The fourth-order valence-corrected chi connectivity index (χ4v) is 4.73. The number of nitrogens with one attached hydrogen (secondary N) is 1. The maximum Gasteiger partial charge on any atom is 0.247 e. The molecule has 0 saturated heterocycles. The van der Waals surface area contributed by atoms with E-state index in [2.05, 4.69) is 51.7 Å². The van der Waals surface area contributed by atoms with Gasteiger partial charge in [0.15, 0.2) is 11.5 Å². The summed E-state index contributed by atoms with van der Waals surface area (Å²) in [5, 5.41) is 14.1. The van der Waals surface area contributed by atoms with Crippen molar-refractivity contribution in [3.63, 3.8) is 0 Å². The number of carbonyl (C=O) groups excluding carboxylic acids is 1. The molecule has 0 fully saturated rings. The summed E-state index contributed by atoms with van der Waals surface area (Å²) in [6.45, 7) is 4.30. The van der Waals surface area contributed by atoms with Crippen LogP contribution in [-0.4, -0.2) is 30.5 Å². The molecule has 0 bridgehead atoms. The van der Waals surface area contributed by atoms with Crippen molar-refractivity contribution in [2.45, 2.75) is 26.9 Å². The van der Waals surface area contributed by atoms with Crippen molar-refractivity contribution in [1.82, 2.24) is 24.5 Å². The summed E-state index contributed by atoms with van der Waals surface area (Å²) >= 11 is 18.6. The van der Waals surface area contributed by atoms with Gasteiger partial charge in [0.2, 0.25) is 5.91 Å². The van der Waals surface area contributed by atoms with E-state index in [4.69, 9.17) is 34.8 Å². The first kappa shape index (κ1) is 24.3. The molecule has 5 aromatic rings. The maximum absolute atomic E-state index is 12.9. The second kappa shape index (κ2) is 9.93. The monoisotopic (exact) mass is 538 g/mol. The first-order chi connectivity index (χ1) is 17.3. The van der Waals surface area contributed by atoms with Crippen molar-refractivity contribution in [3.8, 4) is 11.1 Å². The highest BCUT2D eigenvalue weighted by atomic mass is 35.5. The van der Waals surface area contributed by atoms with Gasteiger partial charge in [-0.2, -0.15) is 10.2 Å². The van der Waals surface area contributed by atoms with Crippen LogP contribution in [0.3, 0.4) is 0 Å². The van der Waals surface area contributed by atoms with E-state index in [0.29, 0.717) is 27.3 Å². The molecule has 182 valence electrons. The number of carbonyl (C=O) groups is 1. The molecule has 3 heterocycles. The van der Waals surface area contributed by atoms with E-state index in [1.807, 2.05) is 19.1 Å². The van der Waals surface area contributed by atoms with Gasteiger partial charge in [-0.15, -0.1) is 0 Å². The van der Waals surface area contributed by atoms with Crippen LogP contribution in [0.5, 0.6) is 0 Å². The summed E-state index contributed by atoms with van der Waals surface area (Å²) in [7, 11) is 0. The molecule has 2 aromatic carbocycles. The molecular formula is C26H21Cl3N6O. The second-order valence-corrected chi connectivity index (χ2v) is 9.72. The summed E-state index contributed by atoms with van der Waals surface area (Å²) < 4.78 is 3.20. The number of rotatable bonds is 6. The summed E-state index contributed by atoms with van der Waals surface area (Å²) in [4.78, 5) is 17.4. The van der Waals surface area contributed by atoms with Crippen molar-refractivity contribution in [2.75, 3.05) is 5.32 Å². The van der Waals surface area contributed by atoms with Crippen LogP contribution >= 0.6 is 34.8 Å². The number of aromatic nitrogens is 5. The SMILES string of the molecule is Cc1ccc(-c2ccnc3c2c(C)nn3CC(=O)Nc2nn(Cc3ccc(Cl)cc3Cl)cc2Cl)cc1. The second-order valence-electron chi connectivity index (χ2n) is 8.47. The third-order valence-corrected chi connectivity index (χ3v) is 6.65. The number of pyridine rings is 1. The zero-order chi connectivity index (χ0) is 25.4. The highest BCUT2D eigenvalue weighted by Crippen LogP contribution is 2.30. The van der Waals surface area contributed by atoms with Gasteiger partial charge in [-0.1, -0.05) is 70.7 Å². The molecule has 10 heteroatoms. The minimum atomic E-state index is -0.321.